The van der Waals surface area contributed by atoms with Gasteiger partial charge in [0.05, 0.1) is 5.37 Å². The Bertz CT molecular complexity index is 45.8. The summed E-state index contributed by atoms with van der Waals surface area (Å²) in [7, 11) is 0. The number of hydrogen-bond acceptors (Lipinski definition) is 1. The van der Waals surface area contributed by atoms with E-state index in [1.807, 2.05) is 6.92 Å². The molecule has 8 heavy (non-hydrogen) atoms. The highest BCUT2D eigenvalue weighted by Gasteiger charge is 1.89. The van der Waals surface area contributed by atoms with E-state index in [4.69, 9.17) is 12.6 Å². The molecule has 1 N–H and O–H groups in total. The lowest BCUT2D eigenvalue weighted by Gasteiger charge is -2.03. The van der Waals surface area contributed by atoms with Gasteiger partial charge in [-0.05, 0) is 19.9 Å². The highest BCUT2D eigenvalue weighted by molar-refractivity contribution is 7.80. The van der Waals surface area contributed by atoms with Gasteiger partial charge in [0.2, 0.25) is 0 Å². The highest BCUT2D eigenvalue weighted by atomic mass is 32.1. The van der Waals surface area contributed by atoms with Crippen LogP contribution in [0, 0.1) is 0 Å². The van der Waals surface area contributed by atoms with E-state index < -0.39 is 0 Å². The van der Waals surface area contributed by atoms with Gasteiger partial charge in [-0.3, -0.25) is 0 Å². The minimum Gasteiger partial charge on any atom is -0.305 e. The van der Waals surface area contributed by atoms with Crippen molar-refractivity contribution in [3.8, 4) is 0 Å². The second-order valence-corrected chi connectivity index (χ2v) is 2.66. The Morgan fingerprint density at radius 2 is 2.25 bits per heavy atom. The Morgan fingerprint density at radius 3 is 2.62 bits per heavy atom. The molecular weight excluding hydrogens is 118 g/mol. The maximum absolute atomic E-state index is 4.88. The molecule has 0 aromatic carbocycles. The fraction of sp³-hybridized carbons (Fsp3) is 1.00. The van der Waals surface area contributed by atoms with E-state index in [9.17, 15) is 0 Å². The maximum Gasteiger partial charge on any atom is 0.0608 e. The van der Waals surface area contributed by atoms with E-state index in [2.05, 4.69) is 12.2 Å². The van der Waals surface area contributed by atoms with Crippen molar-refractivity contribution in [1.82, 2.24) is 5.32 Å². The van der Waals surface area contributed by atoms with Gasteiger partial charge in [0.25, 0.3) is 0 Å². The van der Waals surface area contributed by atoms with Crippen molar-refractivity contribution in [1.29, 1.82) is 0 Å². The summed E-state index contributed by atoms with van der Waals surface area (Å²) in [5.74, 6) is 0. The molecule has 1 unspecified atom stereocenters. The molecule has 1 radical (unpaired) electrons. The second kappa shape index (κ2) is 5.45. The van der Waals surface area contributed by atoms with Crippen LogP contribution in [0.25, 0.3) is 0 Å². The molecular formula is C6H14NS. The van der Waals surface area contributed by atoms with Gasteiger partial charge in [0.15, 0.2) is 0 Å². The molecule has 0 aliphatic heterocycles. The molecule has 0 rings (SSSR count). The van der Waals surface area contributed by atoms with Crippen LogP contribution in [-0.4, -0.2) is 11.9 Å². The number of hydrogen-bond donors (Lipinski definition) is 1. The molecule has 49 valence electrons. The van der Waals surface area contributed by atoms with Crippen LogP contribution < -0.4 is 5.32 Å². The fourth-order valence-electron chi connectivity index (χ4n) is 0.482. The maximum atomic E-state index is 4.88. The van der Waals surface area contributed by atoms with Crippen LogP contribution in [0.1, 0.15) is 26.7 Å². The Kier molecular flexibility index (Phi) is 5.66. The molecule has 0 fully saturated rings. The predicted molar refractivity (Wildman–Crippen MR) is 40.0 cm³/mol. The molecule has 0 saturated carbocycles. The third kappa shape index (κ3) is 6.31. The summed E-state index contributed by atoms with van der Waals surface area (Å²) in [4.78, 5) is 0. The van der Waals surface area contributed by atoms with E-state index in [-0.39, 0.29) is 5.37 Å². The second-order valence-electron chi connectivity index (χ2n) is 1.95. The number of rotatable bonds is 4. The molecule has 0 heterocycles. The van der Waals surface area contributed by atoms with E-state index in [0.717, 1.165) is 6.54 Å². The zero-order valence-corrected chi connectivity index (χ0v) is 6.42. The zero-order valence-electron chi connectivity index (χ0n) is 5.61. The van der Waals surface area contributed by atoms with Crippen molar-refractivity contribution in [3.05, 3.63) is 0 Å². The average molecular weight is 132 g/mol. The van der Waals surface area contributed by atoms with E-state index in [0.29, 0.717) is 0 Å². The predicted octanol–water partition coefficient (Wildman–Crippen LogP) is 1.92. The van der Waals surface area contributed by atoms with Crippen molar-refractivity contribution in [3.63, 3.8) is 0 Å². The molecule has 0 saturated heterocycles. The van der Waals surface area contributed by atoms with Gasteiger partial charge in [0, 0.05) is 0 Å². The summed E-state index contributed by atoms with van der Waals surface area (Å²) in [6.07, 6.45) is 2.48. The first-order valence-corrected chi connectivity index (χ1v) is 3.63. The number of unbranched alkanes of at least 4 members (excludes halogenated alkanes) is 1. The monoisotopic (exact) mass is 132 g/mol. The first kappa shape index (κ1) is 8.31. The normalized spacial score (nSPS) is 13.9. The quantitative estimate of drug-likeness (QED) is 0.576. The smallest absolute Gasteiger partial charge is 0.0608 e. The van der Waals surface area contributed by atoms with Gasteiger partial charge < -0.3 is 5.32 Å². The summed E-state index contributed by atoms with van der Waals surface area (Å²) in [6.45, 7) is 5.24. The third-order valence-electron chi connectivity index (χ3n) is 0.962. The lowest BCUT2D eigenvalue weighted by molar-refractivity contribution is 0.640. The Morgan fingerprint density at radius 1 is 1.62 bits per heavy atom. The lowest BCUT2D eigenvalue weighted by atomic mass is 10.3. The van der Waals surface area contributed by atoms with Gasteiger partial charge in [-0.1, -0.05) is 26.0 Å². The van der Waals surface area contributed by atoms with Crippen molar-refractivity contribution < 1.29 is 0 Å². The number of nitrogens with one attached hydrogen (secondary N) is 1. The van der Waals surface area contributed by atoms with Crippen LogP contribution in [0.15, 0.2) is 0 Å². The molecule has 0 bridgehead atoms. The van der Waals surface area contributed by atoms with Crippen molar-refractivity contribution >= 4 is 12.6 Å². The van der Waals surface area contributed by atoms with Gasteiger partial charge in [-0.25, -0.2) is 0 Å². The summed E-state index contributed by atoms with van der Waals surface area (Å²) in [5, 5.41) is 3.40. The van der Waals surface area contributed by atoms with Crippen molar-refractivity contribution in [2.24, 2.45) is 0 Å². The topological polar surface area (TPSA) is 12.0 Å². The molecule has 0 spiro atoms. The van der Waals surface area contributed by atoms with Gasteiger partial charge in [-0.2, -0.15) is 0 Å². The summed E-state index contributed by atoms with van der Waals surface area (Å²) in [6, 6.07) is 0. The zero-order chi connectivity index (χ0) is 6.41. The summed E-state index contributed by atoms with van der Waals surface area (Å²) >= 11 is 4.88. The summed E-state index contributed by atoms with van der Waals surface area (Å²) < 4.78 is 0. The molecule has 0 aliphatic rings. The van der Waals surface area contributed by atoms with Crippen LogP contribution in [0.4, 0.5) is 0 Å². The van der Waals surface area contributed by atoms with Crippen LogP contribution in [0.3, 0.4) is 0 Å². The standard InChI is InChI=1S/C6H14NS/c1-3-4-5-7-6(2)8/h6-7H,3-5H2,1-2H3. The van der Waals surface area contributed by atoms with Crippen LogP contribution >= 0.6 is 12.6 Å². The molecule has 1 nitrogen and oxygen atoms in total. The minimum atomic E-state index is 0.238. The first-order chi connectivity index (χ1) is 3.77. The van der Waals surface area contributed by atoms with Crippen LogP contribution in [-0.2, 0) is 0 Å². The highest BCUT2D eigenvalue weighted by Crippen LogP contribution is 1.88. The van der Waals surface area contributed by atoms with Crippen LogP contribution in [0.5, 0.6) is 0 Å². The molecule has 0 aromatic rings. The van der Waals surface area contributed by atoms with E-state index in [1.54, 1.807) is 0 Å². The molecule has 2 heteroatoms. The summed E-state index contributed by atoms with van der Waals surface area (Å²) in [5.41, 5.74) is 0. The lowest BCUT2D eigenvalue weighted by Crippen LogP contribution is -2.21. The van der Waals surface area contributed by atoms with Crippen molar-refractivity contribution in [2.45, 2.75) is 32.1 Å². The Hall–Kier alpha value is 0.310. The molecule has 0 aromatic heterocycles. The molecule has 0 aliphatic carbocycles. The largest absolute Gasteiger partial charge is 0.305 e. The Labute approximate surface area is 57.3 Å². The van der Waals surface area contributed by atoms with Crippen LogP contribution in [0.2, 0.25) is 0 Å². The van der Waals surface area contributed by atoms with E-state index >= 15 is 0 Å². The first-order valence-electron chi connectivity index (χ1n) is 3.16. The molecule has 0 amide bonds. The minimum absolute atomic E-state index is 0.238. The SMILES string of the molecule is CCCCNC(C)[S]. The molecule has 1 atom stereocenters. The Balaban J connectivity index is 2.72. The van der Waals surface area contributed by atoms with Gasteiger partial charge in [-0.15, -0.1) is 0 Å². The van der Waals surface area contributed by atoms with Gasteiger partial charge in [0.1, 0.15) is 0 Å². The third-order valence-corrected chi connectivity index (χ3v) is 1.13. The fourth-order valence-corrected chi connectivity index (χ4v) is 0.600. The van der Waals surface area contributed by atoms with E-state index in [1.165, 1.54) is 12.8 Å². The average Bonchev–Trinajstić information content (AvgIpc) is 1.66. The van der Waals surface area contributed by atoms with Gasteiger partial charge >= 0.3 is 0 Å². The van der Waals surface area contributed by atoms with Crippen molar-refractivity contribution in [2.75, 3.05) is 6.54 Å².